The van der Waals surface area contributed by atoms with Gasteiger partial charge in [0.2, 0.25) is 5.91 Å². The third-order valence-electron chi connectivity index (χ3n) is 3.90. The lowest BCUT2D eigenvalue weighted by Crippen LogP contribution is -2.34. The van der Waals surface area contributed by atoms with Crippen LogP contribution in [0.1, 0.15) is 43.5 Å². The minimum absolute atomic E-state index is 0.265. The molecule has 0 bridgehead atoms. The van der Waals surface area contributed by atoms with Crippen LogP contribution >= 0.6 is 0 Å². The Morgan fingerprint density at radius 2 is 1.91 bits per heavy atom. The van der Waals surface area contributed by atoms with Crippen LogP contribution in [0.3, 0.4) is 0 Å². The maximum atomic E-state index is 12.1. The van der Waals surface area contributed by atoms with Crippen LogP contribution in [0.2, 0.25) is 0 Å². The van der Waals surface area contributed by atoms with E-state index in [4.69, 9.17) is 5.73 Å². The van der Waals surface area contributed by atoms with E-state index in [1.165, 1.54) is 6.42 Å². The van der Waals surface area contributed by atoms with Gasteiger partial charge in [-0.1, -0.05) is 13.8 Å². The number of carbonyl (C=O) groups is 2. The second kappa shape index (κ2) is 7.85. The summed E-state index contributed by atoms with van der Waals surface area (Å²) in [4.78, 5) is 25.7. The van der Waals surface area contributed by atoms with E-state index in [0.29, 0.717) is 23.7 Å². The fraction of sp³-hybridized carbons (Fsp3) is 0.529. The van der Waals surface area contributed by atoms with Crippen molar-refractivity contribution in [2.75, 3.05) is 29.9 Å². The molecule has 0 atom stereocenters. The molecule has 2 rings (SSSR count). The van der Waals surface area contributed by atoms with Crippen LogP contribution in [0.25, 0.3) is 0 Å². The van der Waals surface area contributed by atoms with Crippen molar-refractivity contribution in [3.05, 3.63) is 23.8 Å². The largest absolute Gasteiger partial charge is 0.370 e. The quantitative estimate of drug-likeness (QED) is 0.779. The van der Waals surface area contributed by atoms with Gasteiger partial charge in [0.1, 0.15) is 0 Å². The van der Waals surface area contributed by atoms with Crippen LogP contribution in [-0.2, 0) is 0 Å². The second-order valence-electron chi connectivity index (χ2n) is 6.37. The minimum Gasteiger partial charge on any atom is -0.370 e. The van der Waals surface area contributed by atoms with E-state index >= 15 is 0 Å². The monoisotopic (exact) mass is 318 g/mol. The molecule has 0 spiro atoms. The number of hydrogen-bond acceptors (Lipinski definition) is 3. The highest BCUT2D eigenvalue weighted by atomic mass is 16.2. The fourth-order valence-electron chi connectivity index (χ4n) is 2.66. The lowest BCUT2D eigenvalue weighted by Gasteiger charge is -2.30. The first-order valence-corrected chi connectivity index (χ1v) is 8.21. The van der Waals surface area contributed by atoms with Gasteiger partial charge >= 0.3 is 6.03 Å². The first-order chi connectivity index (χ1) is 11.0. The van der Waals surface area contributed by atoms with Crippen molar-refractivity contribution >= 4 is 23.3 Å². The Hall–Kier alpha value is -2.24. The van der Waals surface area contributed by atoms with Gasteiger partial charge in [0.25, 0.3) is 0 Å². The van der Waals surface area contributed by atoms with Crippen molar-refractivity contribution in [3.8, 4) is 0 Å². The van der Waals surface area contributed by atoms with Gasteiger partial charge in [-0.3, -0.25) is 4.79 Å². The molecule has 1 heterocycles. The van der Waals surface area contributed by atoms with Crippen LogP contribution in [0.5, 0.6) is 0 Å². The third-order valence-corrected chi connectivity index (χ3v) is 3.90. The van der Waals surface area contributed by atoms with E-state index in [1.807, 2.05) is 19.9 Å². The second-order valence-corrected chi connectivity index (χ2v) is 6.37. The highest BCUT2D eigenvalue weighted by Crippen LogP contribution is 2.29. The third kappa shape index (κ3) is 4.87. The molecular formula is C17H26N4O2. The summed E-state index contributed by atoms with van der Waals surface area (Å²) in [5, 5.41) is 5.68. The van der Waals surface area contributed by atoms with Crippen molar-refractivity contribution in [1.82, 2.24) is 5.32 Å². The first kappa shape index (κ1) is 17.1. The maximum Gasteiger partial charge on any atom is 0.319 e. The molecule has 126 valence electrons. The molecule has 0 aliphatic carbocycles. The van der Waals surface area contributed by atoms with Crippen LogP contribution in [0.4, 0.5) is 16.2 Å². The summed E-state index contributed by atoms with van der Waals surface area (Å²) in [5.74, 6) is -0.125. The zero-order valence-electron chi connectivity index (χ0n) is 13.9. The van der Waals surface area contributed by atoms with E-state index in [-0.39, 0.29) is 6.03 Å². The molecule has 0 unspecified atom stereocenters. The summed E-state index contributed by atoms with van der Waals surface area (Å²) in [6.45, 7) is 6.58. The Morgan fingerprint density at radius 3 is 2.52 bits per heavy atom. The van der Waals surface area contributed by atoms with Gasteiger partial charge in [0.15, 0.2) is 0 Å². The van der Waals surface area contributed by atoms with Gasteiger partial charge in [0, 0.05) is 25.2 Å². The maximum absolute atomic E-state index is 12.1. The number of rotatable bonds is 5. The molecule has 1 fully saturated rings. The van der Waals surface area contributed by atoms with Gasteiger partial charge in [-0.05, 0) is 43.4 Å². The molecule has 1 aliphatic heterocycles. The Kier molecular flexibility index (Phi) is 5.84. The molecular weight excluding hydrogens is 292 g/mol. The van der Waals surface area contributed by atoms with Gasteiger partial charge in [-0.15, -0.1) is 0 Å². The normalized spacial score (nSPS) is 14.7. The molecule has 0 aromatic heterocycles. The highest BCUT2D eigenvalue weighted by molar-refractivity contribution is 5.98. The van der Waals surface area contributed by atoms with Crippen LogP contribution < -0.4 is 21.3 Å². The molecule has 0 radical (unpaired) electrons. The van der Waals surface area contributed by atoms with Crippen LogP contribution in [0.15, 0.2) is 18.2 Å². The van der Waals surface area contributed by atoms with Crippen molar-refractivity contribution < 1.29 is 9.59 Å². The van der Waals surface area contributed by atoms with E-state index in [0.717, 1.165) is 31.6 Å². The van der Waals surface area contributed by atoms with Gasteiger partial charge in [-0.2, -0.15) is 0 Å². The number of amides is 3. The number of benzene rings is 1. The smallest absolute Gasteiger partial charge is 0.319 e. The number of hydrogen-bond donors (Lipinski definition) is 3. The Morgan fingerprint density at radius 1 is 1.22 bits per heavy atom. The summed E-state index contributed by atoms with van der Waals surface area (Å²) in [5.41, 5.74) is 7.32. The summed E-state index contributed by atoms with van der Waals surface area (Å²) in [7, 11) is 0. The summed E-state index contributed by atoms with van der Waals surface area (Å²) in [6, 6.07) is 4.97. The molecule has 1 aliphatic rings. The van der Waals surface area contributed by atoms with E-state index in [1.54, 1.807) is 12.1 Å². The van der Waals surface area contributed by atoms with Gasteiger partial charge < -0.3 is 21.3 Å². The average molecular weight is 318 g/mol. The molecule has 1 aromatic carbocycles. The lowest BCUT2D eigenvalue weighted by atomic mass is 10.1. The van der Waals surface area contributed by atoms with Crippen molar-refractivity contribution in [2.45, 2.75) is 33.1 Å². The van der Waals surface area contributed by atoms with Gasteiger partial charge in [0.05, 0.1) is 11.4 Å². The Labute approximate surface area is 137 Å². The number of nitrogens with zero attached hydrogens (tertiary/aromatic N) is 1. The first-order valence-electron chi connectivity index (χ1n) is 8.21. The zero-order valence-corrected chi connectivity index (χ0v) is 13.9. The summed E-state index contributed by atoms with van der Waals surface area (Å²) < 4.78 is 0. The van der Waals surface area contributed by atoms with Crippen molar-refractivity contribution in [1.29, 1.82) is 0 Å². The van der Waals surface area contributed by atoms with Crippen LogP contribution in [0, 0.1) is 5.92 Å². The molecule has 6 heteroatoms. The topological polar surface area (TPSA) is 87.5 Å². The number of piperidine rings is 1. The van der Waals surface area contributed by atoms with Crippen molar-refractivity contribution in [3.63, 3.8) is 0 Å². The molecule has 3 amide bonds. The number of primary amides is 1. The Bertz CT molecular complexity index is 566. The molecule has 1 saturated heterocycles. The van der Waals surface area contributed by atoms with Crippen LogP contribution in [-0.4, -0.2) is 31.6 Å². The zero-order chi connectivity index (χ0) is 16.8. The standard InChI is InChI=1S/C17H26N4O2/c1-12(2)11-19-17(23)20-14-10-13(16(18)22)6-7-15(14)21-8-4-3-5-9-21/h6-7,10,12H,3-5,8-9,11H2,1-2H3,(H2,18,22)(H2,19,20,23). The van der Waals surface area contributed by atoms with Gasteiger partial charge in [-0.25, -0.2) is 4.79 Å². The number of anilines is 2. The number of nitrogens with two attached hydrogens (primary N) is 1. The summed E-state index contributed by atoms with van der Waals surface area (Å²) in [6.07, 6.45) is 3.50. The van der Waals surface area contributed by atoms with E-state index < -0.39 is 5.91 Å². The number of nitrogens with one attached hydrogen (secondary N) is 2. The molecule has 1 aromatic rings. The lowest BCUT2D eigenvalue weighted by molar-refractivity contribution is 0.100. The minimum atomic E-state index is -0.499. The average Bonchev–Trinajstić information content (AvgIpc) is 2.53. The molecule has 0 saturated carbocycles. The predicted molar refractivity (Wildman–Crippen MR) is 92.9 cm³/mol. The predicted octanol–water partition coefficient (Wildman–Crippen LogP) is 2.55. The Balaban J connectivity index is 2.20. The highest BCUT2D eigenvalue weighted by Gasteiger charge is 2.17. The molecule has 4 N–H and O–H groups in total. The number of carbonyl (C=O) groups excluding carboxylic acids is 2. The molecule has 6 nitrogen and oxygen atoms in total. The van der Waals surface area contributed by atoms with E-state index in [9.17, 15) is 9.59 Å². The number of urea groups is 1. The molecule has 23 heavy (non-hydrogen) atoms. The van der Waals surface area contributed by atoms with E-state index in [2.05, 4.69) is 15.5 Å². The van der Waals surface area contributed by atoms with Crippen molar-refractivity contribution in [2.24, 2.45) is 11.7 Å². The summed E-state index contributed by atoms with van der Waals surface area (Å²) >= 11 is 0. The SMILES string of the molecule is CC(C)CNC(=O)Nc1cc(C(N)=O)ccc1N1CCCCC1. The fourth-order valence-corrected chi connectivity index (χ4v) is 2.66.